The van der Waals surface area contributed by atoms with Crippen LogP contribution in [0.3, 0.4) is 0 Å². The van der Waals surface area contributed by atoms with Crippen LogP contribution in [0.15, 0.2) is 63.8 Å². The molecule has 3 aromatic rings. The molecule has 1 aromatic heterocycles. The molecule has 152 valence electrons. The van der Waals surface area contributed by atoms with Gasteiger partial charge in [0, 0.05) is 30.5 Å². The molecule has 2 heterocycles. The van der Waals surface area contributed by atoms with Crippen LogP contribution >= 0.6 is 22.9 Å². The van der Waals surface area contributed by atoms with Crippen molar-refractivity contribution in [1.82, 2.24) is 8.87 Å². The summed E-state index contributed by atoms with van der Waals surface area (Å²) in [4.78, 5) is 5.85. The summed E-state index contributed by atoms with van der Waals surface area (Å²) in [7, 11) is -1.45. The monoisotopic (exact) mass is 447 g/mol. The van der Waals surface area contributed by atoms with Crippen molar-refractivity contribution < 1.29 is 8.42 Å². The lowest BCUT2D eigenvalue weighted by molar-refractivity contribution is 0.346. The summed E-state index contributed by atoms with van der Waals surface area (Å²) >= 11 is 7.52. The number of hydrogen-bond donors (Lipinski definition) is 0. The van der Waals surface area contributed by atoms with Crippen molar-refractivity contribution in [2.75, 3.05) is 13.1 Å². The number of hydrogen-bond acceptors (Lipinski definition) is 4. The maximum atomic E-state index is 12.8. The van der Waals surface area contributed by atoms with Crippen LogP contribution < -0.4 is 4.80 Å². The number of rotatable bonds is 4. The van der Waals surface area contributed by atoms with E-state index in [0.29, 0.717) is 23.0 Å². The summed E-state index contributed by atoms with van der Waals surface area (Å²) in [6.45, 7) is 1.21. The topological polar surface area (TPSA) is 54.7 Å². The Bertz CT molecular complexity index is 1160. The fourth-order valence-corrected chi connectivity index (χ4v) is 5.98. The molecule has 0 spiro atoms. The average molecular weight is 448 g/mol. The van der Waals surface area contributed by atoms with Crippen LogP contribution in [0, 0.1) is 0 Å². The summed E-state index contributed by atoms with van der Waals surface area (Å²) in [5.41, 5.74) is 2.84. The van der Waals surface area contributed by atoms with Crippen LogP contribution in [-0.2, 0) is 17.1 Å². The van der Waals surface area contributed by atoms with Crippen LogP contribution in [-0.4, -0.2) is 30.4 Å². The standard InChI is InChI=1S/C21H22ClN3O2S2/c1-24-20(16-5-7-17(22)8-6-16)15-28-21(24)23-18-9-11-19(12-10-18)29(26,27)25-13-3-2-4-14-25/h5-12,15H,2-4,13-14H2,1H3. The highest BCUT2D eigenvalue weighted by Gasteiger charge is 2.25. The number of piperidine rings is 1. The van der Waals surface area contributed by atoms with Gasteiger partial charge in [0.1, 0.15) is 0 Å². The zero-order valence-corrected chi connectivity index (χ0v) is 18.5. The molecule has 4 rings (SSSR count). The molecular formula is C21H22ClN3O2S2. The van der Waals surface area contributed by atoms with Gasteiger partial charge in [-0.2, -0.15) is 4.31 Å². The van der Waals surface area contributed by atoms with E-state index in [1.165, 1.54) is 11.3 Å². The Balaban J connectivity index is 1.60. The fourth-order valence-electron chi connectivity index (χ4n) is 3.41. The highest BCUT2D eigenvalue weighted by Crippen LogP contribution is 2.24. The van der Waals surface area contributed by atoms with Gasteiger partial charge in [-0.25, -0.2) is 13.4 Å². The van der Waals surface area contributed by atoms with Gasteiger partial charge < -0.3 is 4.57 Å². The maximum Gasteiger partial charge on any atom is 0.243 e. The molecule has 1 fully saturated rings. The second kappa shape index (κ2) is 8.44. The SMILES string of the molecule is Cn1c(-c2ccc(Cl)cc2)csc1=Nc1ccc(S(=O)(=O)N2CCCCC2)cc1. The summed E-state index contributed by atoms with van der Waals surface area (Å²) in [6.07, 6.45) is 2.95. The van der Waals surface area contributed by atoms with Crippen molar-refractivity contribution in [3.05, 3.63) is 63.7 Å². The Labute approximate surface area is 180 Å². The van der Waals surface area contributed by atoms with Gasteiger partial charge in [-0.05, 0) is 54.8 Å². The molecule has 0 radical (unpaired) electrons. The first kappa shape index (κ1) is 20.3. The molecule has 0 atom stereocenters. The number of nitrogens with zero attached hydrogens (tertiary/aromatic N) is 3. The summed E-state index contributed by atoms with van der Waals surface area (Å²) in [6, 6.07) is 14.5. The van der Waals surface area contributed by atoms with Gasteiger partial charge in [0.15, 0.2) is 4.80 Å². The van der Waals surface area contributed by atoms with Crippen LogP contribution in [0.1, 0.15) is 19.3 Å². The summed E-state index contributed by atoms with van der Waals surface area (Å²) in [5.74, 6) is 0. The Kier molecular flexibility index (Phi) is 5.92. The van der Waals surface area contributed by atoms with Gasteiger partial charge in [0.25, 0.3) is 0 Å². The fraction of sp³-hybridized carbons (Fsp3) is 0.286. The predicted octanol–water partition coefficient (Wildman–Crippen LogP) is 4.81. The summed E-state index contributed by atoms with van der Waals surface area (Å²) in [5, 5.41) is 2.76. The van der Waals surface area contributed by atoms with E-state index in [1.807, 2.05) is 35.9 Å². The van der Waals surface area contributed by atoms with Crippen molar-refractivity contribution >= 4 is 38.6 Å². The Hall–Kier alpha value is -1.93. The number of halogens is 1. The van der Waals surface area contributed by atoms with Crippen LogP contribution in [0.5, 0.6) is 0 Å². The average Bonchev–Trinajstić information content (AvgIpc) is 3.10. The highest BCUT2D eigenvalue weighted by atomic mass is 35.5. The highest BCUT2D eigenvalue weighted by molar-refractivity contribution is 7.89. The number of sulfonamides is 1. The van der Waals surface area contributed by atoms with E-state index in [0.717, 1.165) is 41.0 Å². The van der Waals surface area contributed by atoms with Crippen molar-refractivity contribution in [2.24, 2.45) is 12.0 Å². The van der Waals surface area contributed by atoms with Crippen molar-refractivity contribution in [3.63, 3.8) is 0 Å². The van der Waals surface area contributed by atoms with E-state index in [2.05, 4.69) is 10.4 Å². The van der Waals surface area contributed by atoms with Gasteiger partial charge >= 0.3 is 0 Å². The Morgan fingerprint density at radius 2 is 1.62 bits per heavy atom. The molecule has 2 aromatic carbocycles. The third-order valence-corrected chi connectivity index (χ3v) is 8.16. The molecule has 0 saturated carbocycles. The lowest BCUT2D eigenvalue weighted by atomic mass is 10.2. The zero-order valence-electron chi connectivity index (χ0n) is 16.1. The maximum absolute atomic E-state index is 12.8. The Morgan fingerprint density at radius 1 is 0.966 bits per heavy atom. The first-order valence-electron chi connectivity index (χ1n) is 9.50. The number of aromatic nitrogens is 1. The molecule has 8 heteroatoms. The van der Waals surface area contributed by atoms with E-state index in [1.54, 1.807) is 28.6 Å². The third-order valence-electron chi connectivity index (χ3n) is 5.08. The molecule has 1 aliphatic rings. The number of benzene rings is 2. The van der Waals surface area contributed by atoms with E-state index < -0.39 is 10.0 Å². The van der Waals surface area contributed by atoms with Gasteiger partial charge in [0.2, 0.25) is 10.0 Å². The predicted molar refractivity (Wildman–Crippen MR) is 118 cm³/mol. The second-order valence-corrected chi connectivity index (χ2v) is 10.3. The zero-order chi connectivity index (χ0) is 20.4. The number of thiazole rings is 1. The molecule has 0 aliphatic carbocycles. The third kappa shape index (κ3) is 4.33. The van der Waals surface area contributed by atoms with E-state index >= 15 is 0 Å². The molecular weight excluding hydrogens is 426 g/mol. The van der Waals surface area contributed by atoms with Crippen LogP contribution in [0.2, 0.25) is 5.02 Å². The largest absolute Gasteiger partial charge is 0.320 e. The van der Waals surface area contributed by atoms with E-state index in [9.17, 15) is 8.42 Å². The molecule has 5 nitrogen and oxygen atoms in total. The van der Waals surface area contributed by atoms with Crippen LogP contribution in [0.25, 0.3) is 11.3 Å². The van der Waals surface area contributed by atoms with Crippen molar-refractivity contribution in [1.29, 1.82) is 0 Å². The quantitative estimate of drug-likeness (QED) is 0.576. The lowest BCUT2D eigenvalue weighted by Crippen LogP contribution is -2.35. The molecule has 1 aliphatic heterocycles. The minimum Gasteiger partial charge on any atom is -0.320 e. The smallest absolute Gasteiger partial charge is 0.243 e. The van der Waals surface area contributed by atoms with E-state index in [4.69, 9.17) is 11.6 Å². The minimum absolute atomic E-state index is 0.329. The second-order valence-electron chi connectivity index (χ2n) is 7.04. The molecule has 0 N–H and O–H groups in total. The van der Waals surface area contributed by atoms with Crippen molar-refractivity contribution in [3.8, 4) is 11.3 Å². The minimum atomic E-state index is -3.42. The Morgan fingerprint density at radius 3 is 2.28 bits per heavy atom. The van der Waals surface area contributed by atoms with Gasteiger partial charge in [-0.15, -0.1) is 11.3 Å². The molecule has 0 unspecified atom stereocenters. The van der Waals surface area contributed by atoms with Crippen molar-refractivity contribution in [2.45, 2.75) is 24.2 Å². The molecule has 0 bridgehead atoms. The molecule has 0 amide bonds. The summed E-state index contributed by atoms with van der Waals surface area (Å²) < 4.78 is 29.2. The van der Waals surface area contributed by atoms with Gasteiger partial charge in [-0.3, -0.25) is 0 Å². The van der Waals surface area contributed by atoms with Gasteiger partial charge in [-0.1, -0.05) is 30.2 Å². The first-order chi connectivity index (χ1) is 13.9. The van der Waals surface area contributed by atoms with Gasteiger partial charge in [0.05, 0.1) is 16.3 Å². The van der Waals surface area contributed by atoms with E-state index in [-0.39, 0.29) is 0 Å². The first-order valence-corrected chi connectivity index (χ1v) is 12.2. The molecule has 1 saturated heterocycles. The lowest BCUT2D eigenvalue weighted by Gasteiger charge is -2.25. The normalized spacial score (nSPS) is 16.3. The van der Waals surface area contributed by atoms with Crippen LogP contribution in [0.4, 0.5) is 5.69 Å². The molecule has 29 heavy (non-hydrogen) atoms.